The number of benzene rings is 1. The molecule has 0 heterocycles. The van der Waals surface area contributed by atoms with Gasteiger partial charge in [-0.3, -0.25) is 9.59 Å². The van der Waals surface area contributed by atoms with E-state index in [-0.39, 0.29) is 23.9 Å². The average Bonchev–Trinajstić information content (AvgIpc) is 2.63. The number of nitriles is 1. The van der Waals surface area contributed by atoms with E-state index in [0.717, 1.165) is 25.7 Å². The first-order valence-corrected chi connectivity index (χ1v) is 8.78. The minimum absolute atomic E-state index is 0.161. The Morgan fingerprint density at radius 2 is 1.85 bits per heavy atom. The fourth-order valence-corrected chi connectivity index (χ4v) is 2.81. The molecule has 7 nitrogen and oxygen atoms in total. The van der Waals surface area contributed by atoms with Gasteiger partial charge < -0.3 is 15.4 Å². The summed E-state index contributed by atoms with van der Waals surface area (Å²) < 4.78 is 5.22. The van der Waals surface area contributed by atoms with Crippen LogP contribution in [0.3, 0.4) is 0 Å². The SMILES string of the molecule is CC(OC(=O)c1ccc(NC(=O)CC#N)cc1)C(=O)NC1CCCCC1. The highest BCUT2D eigenvalue weighted by Crippen LogP contribution is 2.18. The third-order valence-electron chi connectivity index (χ3n) is 4.25. The minimum atomic E-state index is -0.876. The molecule has 0 saturated heterocycles. The van der Waals surface area contributed by atoms with Gasteiger partial charge in [0.25, 0.3) is 5.91 Å². The Balaban J connectivity index is 1.85. The summed E-state index contributed by atoms with van der Waals surface area (Å²) in [6, 6.07) is 7.99. The highest BCUT2D eigenvalue weighted by atomic mass is 16.5. The lowest BCUT2D eigenvalue weighted by molar-refractivity contribution is -0.130. The van der Waals surface area contributed by atoms with Crippen LogP contribution in [0, 0.1) is 11.3 Å². The number of esters is 1. The van der Waals surface area contributed by atoms with Gasteiger partial charge in [-0.05, 0) is 44.0 Å². The molecule has 2 amide bonds. The molecule has 1 aromatic rings. The Morgan fingerprint density at radius 3 is 2.46 bits per heavy atom. The number of hydrogen-bond acceptors (Lipinski definition) is 5. The lowest BCUT2D eigenvalue weighted by atomic mass is 9.95. The maximum atomic E-state index is 12.2. The summed E-state index contributed by atoms with van der Waals surface area (Å²) in [5.41, 5.74) is 0.755. The molecule has 1 saturated carbocycles. The van der Waals surface area contributed by atoms with Gasteiger partial charge in [-0.15, -0.1) is 0 Å². The number of amides is 2. The van der Waals surface area contributed by atoms with E-state index in [1.54, 1.807) is 25.1 Å². The zero-order chi connectivity index (χ0) is 18.9. The zero-order valence-corrected chi connectivity index (χ0v) is 14.8. The lowest BCUT2D eigenvalue weighted by Crippen LogP contribution is -2.42. The molecular weight excluding hydrogens is 334 g/mol. The summed E-state index contributed by atoms with van der Waals surface area (Å²) >= 11 is 0. The van der Waals surface area contributed by atoms with E-state index in [9.17, 15) is 14.4 Å². The van der Waals surface area contributed by atoms with Gasteiger partial charge in [-0.2, -0.15) is 5.26 Å². The van der Waals surface area contributed by atoms with Crippen LogP contribution < -0.4 is 10.6 Å². The molecule has 1 aliphatic rings. The van der Waals surface area contributed by atoms with Crippen molar-refractivity contribution in [3.63, 3.8) is 0 Å². The van der Waals surface area contributed by atoms with Crippen molar-refractivity contribution in [2.45, 2.75) is 57.6 Å². The predicted octanol–water partition coefficient (Wildman–Crippen LogP) is 2.53. The first-order valence-electron chi connectivity index (χ1n) is 8.78. The third-order valence-corrected chi connectivity index (χ3v) is 4.25. The fraction of sp³-hybridized carbons (Fsp3) is 0.474. The number of anilines is 1. The summed E-state index contributed by atoms with van der Waals surface area (Å²) in [7, 11) is 0. The predicted molar refractivity (Wildman–Crippen MR) is 95.2 cm³/mol. The minimum Gasteiger partial charge on any atom is -0.449 e. The van der Waals surface area contributed by atoms with Crippen molar-refractivity contribution in [3.8, 4) is 6.07 Å². The van der Waals surface area contributed by atoms with Crippen molar-refractivity contribution in [1.29, 1.82) is 5.26 Å². The summed E-state index contributed by atoms with van der Waals surface area (Å²) in [4.78, 5) is 35.7. The molecule has 0 radical (unpaired) electrons. The molecular formula is C19H23N3O4. The number of nitrogens with one attached hydrogen (secondary N) is 2. The standard InChI is InChI=1S/C19H23N3O4/c1-13(18(24)22-15-5-3-2-4-6-15)26-19(25)14-7-9-16(10-8-14)21-17(23)11-12-20/h7-10,13,15H,2-6,11H2,1H3,(H,21,23)(H,22,24). The van der Waals surface area contributed by atoms with Crippen LogP contribution in [0.4, 0.5) is 5.69 Å². The Labute approximate surface area is 152 Å². The van der Waals surface area contributed by atoms with Gasteiger partial charge in [0.2, 0.25) is 5.91 Å². The van der Waals surface area contributed by atoms with Crippen LogP contribution in [-0.2, 0) is 14.3 Å². The topological polar surface area (TPSA) is 108 Å². The summed E-state index contributed by atoms with van der Waals surface area (Å²) in [5.74, 6) is -1.31. The van der Waals surface area contributed by atoms with E-state index >= 15 is 0 Å². The summed E-state index contributed by atoms with van der Waals surface area (Å²) in [6.07, 6.45) is 4.23. The van der Waals surface area contributed by atoms with Crippen LogP contribution in [0.15, 0.2) is 24.3 Å². The van der Waals surface area contributed by atoms with Crippen molar-refractivity contribution in [2.24, 2.45) is 0 Å². The van der Waals surface area contributed by atoms with Crippen molar-refractivity contribution in [2.75, 3.05) is 5.32 Å². The highest BCUT2D eigenvalue weighted by molar-refractivity contribution is 5.94. The van der Waals surface area contributed by atoms with Crippen LogP contribution in [0.1, 0.15) is 55.8 Å². The molecule has 0 spiro atoms. The maximum Gasteiger partial charge on any atom is 0.338 e. The Morgan fingerprint density at radius 1 is 1.19 bits per heavy atom. The fourth-order valence-electron chi connectivity index (χ4n) is 2.81. The summed E-state index contributed by atoms with van der Waals surface area (Å²) in [5, 5.41) is 13.9. The van der Waals surface area contributed by atoms with Crippen molar-refractivity contribution in [1.82, 2.24) is 5.32 Å². The highest BCUT2D eigenvalue weighted by Gasteiger charge is 2.22. The number of rotatable bonds is 6. The van der Waals surface area contributed by atoms with Gasteiger partial charge in [-0.1, -0.05) is 19.3 Å². The Bertz CT molecular complexity index is 688. The smallest absolute Gasteiger partial charge is 0.338 e. The van der Waals surface area contributed by atoms with Crippen molar-refractivity contribution < 1.29 is 19.1 Å². The number of nitrogens with zero attached hydrogens (tertiary/aromatic N) is 1. The van der Waals surface area contributed by atoms with Crippen LogP contribution in [0.25, 0.3) is 0 Å². The van der Waals surface area contributed by atoms with E-state index < -0.39 is 18.0 Å². The van der Waals surface area contributed by atoms with Gasteiger partial charge in [0.15, 0.2) is 6.10 Å². The summed E-state index contributed by atoms with van der Waals surface area (Å²) in [6.45, 7) is 1.55. The quantitative estimate of drug-likeness (QED) is 0.761. The van der Waals surface area contributed by atoms with E-state index in [1.807, 2.05) is 0 Å². The Hall–Kier alpha value is -2.88. The molecule has 1 aromatic carbocycles. The van der Waals surface area contributed by atoms with Gasteiger partial charge in [-0.25, -0.2) is 4.79 Å². The second-order valence-corrected chi connectivity index (χ2v) is 6.35. The van der Waals surface area contributed by atoms with Crippen LogP contribution >= 0.6 is 0 Å². The molecule has 1 aliphatic carbocycles. The molecule has 7 heteroatoms. The lowest BCUT2D eigenvalue weighted by Gasteiger charge is -2.24. The van der Waals surface area contributed by atoms with Crippen LogP contribution in [0.5, 0.6) is 0 Å². The number of ether oxygens (including phenoxy) is 1. The van der Waals surface area contributed by atoms with Gasteiger partial charge in [0, 0.05) is 11.7 Å². The second-order valence-electron chi connectivity index (χ2n) is 6.35. The number of carbonyl (C=O) groups is 3. The van der Waals surface area contributed by atoms with Gasteiger partial charge in [0.05, 0.1) is 11.6 Å². The molecule has 1 fully saturated rings. The zero-order valence-electron chi connectivity index (χ0n) is 14.8. The number of carbonyl (C=O) groups excluding carboxylic acids is 3. The van der Waals surface area contributed by atoms with E-state index in [1.165, 1.54) is 18.6 Å². The van der Waals surface area contributed by atoms with Gasteiger partial charge in [0.1, 0.15) is 6.42 Å². The first-order chi connectivity index (χ1) is 12.5. The molecule has 138 valence electrons. The normalized spacial score (nSPS) is 15.4. The molecule has 26 heavy (non-hydrogen) atoms. The van der Waals surface area contributed by atoms with Crippen LogP contribution in [-0.4, -0.2) is 29.9 Å². The molecule has 1 atom stereocenters. The molecule has 0 bridgehead atoms. The van der Waals surface area contributed by atoms with Gasteiger partial charge >= 0.3 is 5.97 Å². The molecule has 0 aromatic heterocycles. The molecule has 2 N–H and O–H groups in total. The monoisotopic (exact) mass is 357 g/mol. The molecule has 2 rings (SSSR count). The third kappa shape index (κ3) is 5.88. The van der Waals surface area contributed by atoms with E-state index in [0.29, 0.717) is 5.69 Å². The van der Waals surface area contributed by atoms with E-state index in [4.69, 9.17) is 10.00 Å². The van der Waals surface area contributed by atoms with Crippen LogP contribution in [0.2, 0.25) is 0 Å². The molecule has 0 aliphatic heterocycles. The Kier molecular flexibility index (Phi) is 7.15. The van der Waals surface area contributed by atoms with Crippen molar-refractivity contribution >= 4 is 23.5 Å². The average molecular weight is 357 g/mol. The first kappa shape index (κ1) is 19.4. The molecule has 1 unspecified atom stereocenters. The van der Waals surface area contributed by atoms with Crippen molar-refractivity contribution in [3.05, 3.63) is 29.8 Å². The number of hydrogen-bond donors (Lipinski definition) is 2. The second kappa shape index (κ2) is 9.56. The maximum absolute atomic E-state index is 12.2. The largest absolute Gasteiger partial charge is 0.449 e. The van der Waals surface area contributed by atoms with E-state index in [2.05, 4.69) is 10.6 Å².